The summed E-state index contributed by atoms with van der Waals surface area (Å²) < 4.78 is 5.15. The second kappa shape index (κ2) is 9.33. The molecule has 4 rings (SSSR count). The van der Waals surface area contributed by atoms with Gasteiger partial charge in [0.05, 0.1) is 17.8 Å². The molecule has 152 valence electrons. The summed E-state index contributed by atoms with van der Waals surface area (Å²) in [5.74, 6) is 2.52. The van der Waals surface area contributed by atoms with E-state index in [1.54, 1.807) is 18.4 Å². The van der Waals surface area contributed by atoms with Gasteiger partial charge in [-0.2, -0.15) is 0 Å². The first-order valence-corrected chi connectivity index (χ1v) is 11.4. The lowest BCUT2D eigenvalue weighted by Gasteiger charge is -2.40. The van der Waals surface area contributed by atoms with Crippen molar-refractivity contribution in [2.45, 2.75) is 45.7 Å². The molecule has 0 aromatic carbocycles. The van der Waals surface area contributed by atoms with Crippen LogP contribution in [0.4, 0.5) is 0 Å². The zero-order valence-electron chi connectivity index (χ0n) is 17.1. The molecular formula is C22H32N4OS. The topological polar surface area (TPSA) is 41.5 Å². The minimum atomic E-state index is 0.693. The normalized spacial score (nSPS) is 20.5. The van der Waals surface area contributed by atoms with Crippen LogP contribution in [0.25, 0.3) is 0 Å². The van der Waals surface area contributed by atoms with E-state index in [0.29, 0.717) is 5.88 Å². The molecule has 0 bridgehead atoms. The third kappa shape index (κ3) is 5.10. The summed E-state index contributed by atoms with van der Waals surface area (Å²) in [4.78, 5) is 14.1. The van der Waals surface area contributed by atoms with Crippen molar-refractivity contribution in [1.82, 2.24) is 19.8 Å². The van der Waals surface area contributed by atoms with Gasteiger partial charge >= 0.3 is 0 Å². The van der Waals surface area contributed by atoms with Crippen LogP contribution in [-0.2, 0) is 13.1 Å². The van der Waals surface area contributed by atoms with Crippen LogP contribution in [0.3, 0.4) is 0 Å². The van der Waals surface area contributed by atoms with Gasteiger partial charge in [-0.15, -0.1) is 11.3 Å². The van der Waals surface area contributed by atoms with Crippen LogP contribution in [0, 0.1) is 18.8 Å². The number of likely N-dealkylation sites (tertiary alicyclic amines) is 2. The fraction of sp³-hybridized carbons (Fsp3) is 0.636. The highest BCUT2D eigenvalue weighted by Gasteiger charge is 2.29. The molecule has 0 N–H and O–H groups in total. The predicted octanol–water partition coefficient (Wildman–Crippen LogP) is 3.98. The molecule has 0 saturated carbocycles. The number of pyridine rings is 1. The van der Waals surface area contributed by atoms with Gasteiger partial charge in [0.1, 0.15) is 0 Å². The number of ether oxygens (including phenoxy) is 1. The molecular weight excluding hydrogens is 368 g/mol. The Balaban J connectivity index is 1.19. The molecule has 2 aromatic heterocycles. The summed E-state index contributed by atoms with van der Waals surface area (Å²) in [6.45, 7) is 9.04. The second-order valence-electron chi connectivity index (χ2n) is 8.29. The standard InChI is InChI=1S/C22H32N4OS/c1-17-24-21(16-28-17)15-26-11-7-20(8-12-26)19-5-9-25(10-6-19)14-18-3-4-22(27-2)23-13-18/h3-4,13,16,19-20H,5-12,14-15H2,1-2H3. The van der Waals surface area contributed by atoms with Crippen molar-refractivity contribution in [2.24, 2.45) is 11.8 Å². The van der Waals surface area contributed by atoms with Crippen molar-refractivity contribution in [3.63, 3.8) is 0 Å². The summed E-state index contributed by atoms with van der Waals surface area (Å²) in [7, 11) is 1.66. The molecule has 5 nitrogen and oxygen atoms in total. The Labute approximate surface area is 172 Å². The molecule has 0 unspecified atom stereocenters. The van der Waals surface area contributed by atoms with Crippen LogP contribution >= 0.6 is 11.3 Å². The number of hydrogen-bond donors (Lipinski definition) is 0. The maximum atomic E-state index is 5.15. The number of aryl methyl sites for hydroxylation is 1. The molecule has 6 heteroatoms. The molecule has 0 aliphatic carbocycles. The fourth-order valence-electron chi connectivity index (χ4n) is 4.76. The van der Waals surface area contributed by atoms with Crippen molar-refractivity contribution in [1.29, 1.82) is 0 Å². The third-order valence-corrected chi connectivity index (χ3v) is 7.22. The molecule has 28 heavy (non-hydrogen) atoms. The molecule has 0 radical (unpaired) electrons. The zero-order chi connectivity index (χ0) is 19.3. The second-order valence-corrected chi connectivity index (χ2v) is 9.36. The van der Waals surface area contributed by atoms with Crippen LogP contribution in [-0.4, -0.2) is 53.1 Å². The summed E-state index contributed by atoms with van der Waals surface area (Å²) >= 11 is 1.77. The van der Waals surface area contributed by atoms with Crippen molar-refractivity contribution >= 4 is 11.3 Å². The maximum absolute atomic E-state index is 5.15. The quantitative estimate of drug-likeness (QED) is 0.734. The van der Waals surface area contributed by atoms with Crippen LogP contribution in [0.2, 0.25) is 0 Å². The van der Waals surface area contributed by atoms with Crippen LogP contribution in [0.5, 0.6) is 5.88 Å². The SMILES string of the molecule is COc1ccc(CN2CCC(C3CCN(Cc4csc(C)n4)CC3)CC2)cn1. The van der Waals surface area contributed by atoms with Crippen molar-refractivity contribution in [2.75, 3.05) is 33.3 Å². The van der Waals surface area contributed by atoms with Gasteiger partial charge in [-0.05, 0) is 76.2 Å². The molecule has 0 atom stereocenters. The van der Waals surface area contributed by atoms with E-state index in [1.807, 2.05) is 12.3 Å². The van der Waals surface area contributed by atoms with E-state index in [1.165, 1.54) is 68.1 Å². The number of rotatable bonds is 6. The summed E-state index contributed by atoms with van der Waals surface area (Å²) in [5.41, 5.74) is 2.53. The summed E-state index contributed by atoms with van der Waals surface area (Å²) in [5, 5.41) is 3.40. The van der Waals surface area contributed by atoms with E-state index in [4.69, 9.17) is 4.74 Å². The van der Waals surface area contributed by atoms with Crippen LogP contribution in [0.1, 0.15) is 41.9 Å². The number of nitrogens with zero attached hydrogens (tertiary/aromatic N) is 4. The first-order valence-electron chi connectivity index (χ1n) is 10.5. The Kier molecular flexibility index (Phi) is 6.60. The summed E-state index contributed by atoms with van der Waals surface area (Å²) in [6, 6.07) is 4.10. The van der Waals surface area contributed by atoms with E-state index >= 15 is 0 Å². The Morgan fingerprint density at radius 2 is 1.64 bits per heavy atom. The van der Waals surface area contributed by atoms with Gasteiger partial charge in [-0.1, -0.05) is 6.07 Å². The first-order chi connectivity index (χ1) is 13.7. The van der Waals surface area contributed by atoms with Gasteiger partial charge < -0.3 is 4.74 Å². The average Bonchev–Trinajstić information content (AvgIpc) is 3.14. The highest BCUT2D eigenvalue weighted by Crippen LogP contribution is 2.33. The molecule has 2 aromatic rings. The lowest BCUT2D eigenvalue weighted by molar-refractivity contribution is 0.0905. The van der Waals surface area contributed by atoms with Gasteiger partial charge in [-0.25, -0.2) is 9.97 Å². The fourth-order valence-corrected chi connectivity index (χ4v) is 5.36. The Morgan fingerprint density at radius 3 is 2.14 bits per heavy atom. The molecule has 2 aliphatic heterocycles. The molecule has 4 heterocycles. The highest BCUT2D eigenvalue weighted by atomic mass is 32.1. The number of hydrogen-bond acceptors (Lipinski definition) is 6. The van der Waals surface area contributed by atoms with E-state index in [2.05, 4.69) is 38.1 Å². The Morgan fingerprint density at radius 1 is 1.00 bits per heavy atom. The van der Waals surface area contributed by atoms with E-state index < -0.39 is 0 Å². The average molecular weight is 401 g/mol. The van der Waals surface area contributed by atoms with Crippen molar-refractivity contribution in [3.05, 3.63) is 40.0 Å². The summed E-state index contributed by atoms with van der Waals surface area (Å²) in [6.07, 6.45) is 7.36. The Hall–Kier alpha value is -1.50. The first kappa shape index (κ1) is 19.8. The molecule has 2 saturated heterocycles. The number of methoxy groups -OCH3 is 1. The van der Waals surface area contributed by atoms with Crippen molar-refractivity contribution < 1.29 is 4.74 Å². The lowest BCUT2D eigenvalue weighted by atomic mass is 9.78. The van der Waals surface area contributed by atoms with Gasteiger partial charge in [0, 0.05) is 30.7 Å². The highest BCUT2D eigenvalue weighted by molar-refractivity contribution is 7.09. The Bertz CT molecular complexity index is 731. The molecule has 0 spiro atoms. The smallest absolute Gasteiger partial charge is 0.212 e. The van der Waals surface area contributed by atoms with Gasteiger partial charge in [0.15, 0.2) is 0 Å². The molecule has 2 aliphatic rings. The monoisotopic (exact) mass is 400 g/mol. The van der Waals surface area contributed by atoms with Crippen molar-refractivity contribution in [3.8, 4) is 5.88 Å². The minimum Gasteiger partial charge on any atom is -0.481 e. The van der Waals surface area contributed by atoms with Crippen LogP contribution < -0.4 is 4.74 Å². The van der Waals surface area contributed by atoms with Gasteiger partial charge in [0.2, 0.25) is 5.88 Å². The predicted molar refractivity (Wildman–Crippen MR) is 114 cm³/mol. The third-order valence-electron chi connectivity index (χ3n) is 6.40. The largest absolute Gasteiger partial charge is 0.481 e. The number of piperidine rings is 2. The zero-order valence-corrected chi connectivity index (χ0v) is 18.0. The van der Waals surface area contributed by atoms with E-state index in [-0.39, 0.29) is 0 Å². The minimum absolute atomic E-state index is 0.693. The van der Waals surface area contributed by atoms with Gasteiger partial charge in [0.25, 0.3) is 0 Å². The van der Waals surface area contributed by atoms with E-state index in [9.17, 15) is 0 Å². The number of aromatic nitrogens is 2. The molecule has 0 amide bonds. The van der Waals surface area contributed by atoms with E-state index in [0.717, 1.165) is 24.9 Å². The number of thiazole rings is 1. The van der Waals surface area contributed by atoms with Gasteiger partial charge in [-0.3, -0.25) is 9.80 Å². The molecule has 2 fully saturated rings. The maximum Gasteiger partial charge on any atom is 0.212 e. The lowest BCUT2D eigenvalue weighted by Crippen LogP contribution is -2.40. The van der Waals surface area contributed by atoms with Crippen LogP contribution in [0.15, 0.2) is 23.7 Å².